The van der Waals surface area contributed by atoms with Gasteiger partial charge >= 0.3 is 5.97 Å². The van der Waals surface area contributed by atoms with Gasteiger partial charge in [-0.15, -0.1) is 0 Å². The Kier molecular flexibility index (Phi) is 4.44. The van der Waals surface area contributed by atoms with Gasteiger partial charge in [0, 0.05) is 6.07 Å². The molecule has 0 amide bonds. The number of benzene rings is 3. The first-order valence-electron chi connectivity index (χ1n) is 9.40. The van der Waals surface area contributed by atoms with Crippen LogP contribution in [0.25, 0.3) is 22.1 Å². The number of esters is 1. The Labute approximate surface area is 171 Å². The molecular formula is C24H16O6. The second kappa shape index (κ2) is 7.40. The average molecular weight is 400 g/mol. The molecule has 0 N–H and O–H groups in total. The van der Waals surface area contributed by atoms with E-state index in [4.69, 9.17) is 18.6 Å². The molecular weight excluding hydrogens is 384 g/mol. The van der Waals surface area contributed by atoms with Gasteiger partial charge in [0.05, 0.1) is 10.9 Å². The number of carbonyl (C=O) groups is 1. The highest BCUT2D eigenvalue weighted by Gasteiger charge is 2.29. The van der Waals surface area contributed by atoms with Gasteiger partial charge in [0.2, 0.25) is 6.10 Å². The normalized spacial score (nSPS) is 15.0. The maximum atomic E-state index is 12.8. The van der Waals surface area contributed by atoms with Crippen LogP contribution in [-0.4, -0.2) is 18.7 Å². The first kappa shape index (κ1) is 18.0. The zero-order valence-electron chi connectivity index (χ0n) is 15.7. The van der Waals surface area contributed by atoms with Crippen LogP contribution >= 0.6 is 0 Å². The number of fused-ring (bicyclic) bond motifs is 2. The molecule has 1 aromatic heterocycles. The predicted molar refractivity (Wildman–Crippen MR) is 110 cm³/mol. The second-order valence-electron chi connectivity index (χ2n) is 6.79. The Hall–Kier alpha value is -4.06. The van der Waals surface area contributed by atoms with Gasteiger partial charge in [0.25, 0.3) is 0 Å². The summed E-state index contributed by atoms with van der Waals surface area (Å²) in [5.41, 5.74) is 1.43. The van der Waals surface area contributed by atoms with Gasteiger partial charge in [-0.1, -0.05) is 42.5 Å². The monoisotopic (exact) mass is 400 g/mol. The van der Waals surface area contributed by atoms with Gasteiger partial charge in [0.15, 0.2) is 16.9 Å². The highest BCUT2D eigenvalue weighted by atomic mass is 16.6. The van der Waals surface area contributed by atoms with Crippen LogP contribution in [-0.2, 0) is 4.79 Å². The van der Waals surface area contributed by atoms with Gasteiger partial charge in [0.1, 0.15) is 24.2 Å². The Balaban J connectivity index is 1.38. The second-order valence-corrected chi connectivity index (χ2v) is 6.79. The molecule has 1 atom stereocenters. The molecule has 3 aromatic carbocycles. The molecule has 0 unspecified atom stereocenters. The van der Waals surface area contributed by atoms with Crippen LogP contribution in [0.5, 0.6) is 17.2 Å². The lowest BCUT2D eigenvalue weighted by Crippen LogP contribution is -2.39. The highest BCUT2D eigenvalue weighted by Crippen LogP contribution is 2.31. The molecule has 30 heavy (non-hydrogen) atoms. The summed E-state index contributed by atoms with van der Waals surface area (Å²) in [6, 6.07) is 21.1. The van der Waals surface area contributed by atoms with Crippen molar-refractivity contribution in [2.24, 2.45) is 0 Å². The molecule has 6 heteroatoms. The van der Waals surface area contributed by atoms with Crippen LogP contribution in [0, 0.1) is 0 Å². The van der Waals surface area contributed by atoms with Crippen LogP contribution in [0.1, 0.15) is 0 Å². The molecule has 0 saturated heterocycles. The first-order chi connectivity index (χ1) is 14.7. The third kappa shape index (κ3) is 3.28. The number of para-hydroxylation sites is 2. The maximum Gasteiger partial charge on any atom is 0.356 e. The SMILES string of the molecule is O=C(Oc1ccc2c(=O)c(-c3ccccc3)coc2c1)[C@@H]1COc2ccccc2O1. The van der Waals surface area contributed by atoms with E-state index in [1.54, 1.807) is 30.3 Å². The standard InChI is InChI=1S/C24H16O6/c25-23-17-11-10-16(12-21(17)27-13-18(23)15-6-2-1-3-7-15)29-24(26)22-14-28-19-8-4-5-9-20(19)30-22/h1-13,22H,14H2/t22-/m0/s1. The van der Waals surface area contributed by atoms with E-state index in [0.717, 1.165) is 5.56 Å². The fourth-order valence-electron chi connectivity index (χ4n) is 3.31. The molecule has 1 aliphatic rings. The summed E-state index contributed by atoms with van der Waals surface area (Å²) in [5.74, 6) is 0.740. The minimum atomic E-state index is -0.886. The van der Waals surface area contributed by atoms with Crippen molar-refractivity contribution in [1.82, 2.24) is 0 Å². The van der Waals surface area contributed by atoms with Crippen molar-refractivity contribution < 1.29 is 23.4 Å². The fraction of sp³-hybridized carbons (Fsp3) is 0.0833. The van der Waals surface area contributed by atoms with E-state index < -0.39 is 12.1 Å². The van der Waals surface area contributed by atoms with Crippen molar-refractivity contribution in [2.75, 3.05) is 6.61 Å². The molecule has 0 aliphatic carbocycles. The van der Waals surface area contributed by atoms with Crippen LogP contribution in [0.15, 0.2) is 88.3 Å². The summed E-state index contributed by atoms with van der Waals surface area (Å²) in [6.07, 6.45) is 0.531. The lowest BCUT2D eigenvalue weighted by atomic mass is 10.1. The number of hydrogen-bond donors (Lipinski definition) is 0. The van der Waals surface area contributed by atoms with E-state index in [9.17, 15) is 9.59 Å². The van der Waals surface area contributed by atoms with Gasteiger partial charge in [-0.05, 0) is 29.8 Å². The summed E-state index contributed by atoms with van der Waals surface area (Å²) in [4.78, 5) is 25.3. The van der Waals surface area contributed by atoms with E-state index in [0.29, 0.717) is 28.0 Å². The number of ether oxygens (including phenoxy) is 3. The van der Waals surface area contributed by atoms with Crippen molar-refractivity contribution in [1.29, 1.82) is 0 Å². The van der Waals surface area contributed by atoms with Crippen molar-refractivity contribution in [3.63, 3.8) is 0 Å². The molecule has 5 rings (SSSR count). The molecule has 2 heterocycles. The molecule has 0 fully saturated rings. The summed E-state index contributed by atoms with van der Waals surface area (Å²) in [5, 5.41) is 0.405. The van der Waals surface area contributed by atoms with Crippen LogP contribution in [0.3, 0.4) is 0 Å². The van der Waals surface area contributed by atoms with Crippen molar-refractivity contribution >= 4 is 16.9 Å². The molecule has 1 aliphatic heterocycles. The van der Waals surface area contributed by atoms with Crippen molar-refractivity contribution in [2.45, 2.75) is 6.10 Å². The van der Waals surface area contributed by atoms with E-state index >= 15 is 0 Å². The van der Waals surface area contributed by atoms with Crippen LogP contribution in [0.4, 0.5) is 0 Å². The summed E-state index contributed by atoms with van der Waals surface area (Å²) < 4.78 is 22.3. The Morgan fingerprint density at radius 2 is 1.70 bits per heavy atom. The number of carbonyl (C=O) groups excluding carboxylic acids is 1. The Morgan fingerprint density at radius 1 is 0.933 bits per heavy atom. The minimum Gasteiger partial charge on any atom is -0.485 e. The number of rotatable bonds is 3. The fourth-order valence-corrected chi connectivity index (χ4v) is 3.31. The molecule has 0 saturated carbocycles. The average Bonchev–Trinajstić information content (AvgIpc) is 2.79. The molecule has 6 nitrogen and oxygen atoms in total. The molecule has 148 valence electrons. The smallest absolute Gasteiger partial charge is 0.356 e. The van der Waals surface area contributed by atoms with Gasteiger partial charge in [-0.2, -0.15) is 0 Å². The summed E-state index contributed by atoms with van der Waals surface area (Å²) in [7, 11) is 0. The van der Waals surface area contributed by atoms with Crippen LogP contribution in [0.2, 0.25) is 0 Å². The lowest BCUT2D eigenvalue weighted by Gasteiger charge is -2.24. The Morgan fingerprint density at radius 3 is 2.53 bits per heavy atom. The third-order valence-corrected chi connectivity index (χ3v) is 4.82. The Bertz CT molecular complexity index is 1290. The quantitative estimate of drug-likeness (QED) is 0.379. The van der Waals surface area contributed by atoms with E-state index in [1.807, 2.05) is 36.4 Å². The summed E-state index contributed by atoms with van der Waals surface area (Å²) >= 11 is 0. The van der Waals surface area contributed by atoms with Crippen molar-refractivity contribution in [3.05, 3.63) is 89.3 Å². The van der Waals surface area contributed by atoms with Gasteiger partial charge in [-0.25, -0.2) is 4.79 Å². The molecule has 0 spiro atoms. The maximum absolute atomic E-state index is 12.8. The zero-order valence-corrected chi connectivity index (χ0v) is 15.7. The topological polar surface area (TPSA) is 75.0 Å². The van der Waals surface area contributed by atoms with E-state index in [2.05, 4.69) is 0 Å². The largest absolute Gasteiger partial charge is 0.485 e. The summed E-state index contributed by atoms with van der Waals surface area (Å²) in [6.45, 7) is 0.0545. The van der Waals surface area contributed by atoms with Gasteiger partial charge < -0.3 is 18.6 Å². The van der Waals surface area contributed by atoms with E-state index in [-0.39, 0.29) is 17.8 Å². The van der Waals surface area contributed by atoms with Crippen molar-refractivity contribution in [3.8, 4) is 28.4 Å². The van der Waals surface area contributed by atoms with Gasteiger partial charge in [-0.3, -0.25) is 4.79 Å². The number of hydrogen-bond acceptors (Lipinski definition) is 6. The molecule has 4 aromatic rings. The third-order valence-electron chi connectivity index (χ3n) is 4.82. The lowest BCUT2D eigenvalue weighted by molar-refractivity contribution is -0.144. The van der Waals surface area contributed by atoms with E-state index in [1.165, 1.54) is 12.3 Å². The molecule has 0 bridgehead atoms. The first-order valence-corrected chi connectivity index (χ1v) is 9.40. The molecule has 0 radical (unpaired) electrons. The van der Waals surface area contributed by atoms with Crippen LogP contribution < -0.4 is 19.6 Å². The predicted octanol–water partition coefficient (Wildman–Crippen LogP) is 4.21. The zero-order chi connectivity index (χ0) is 20.5. The minimum absolute atomic E-state index is 0.0545. The highest BCUT2D eigenvalue weighted by molar-refractivity contribution is 5.84.